The number of alkyl halides is 6. The summed E-state index contributed by atoms with van der Waals surface area (Å²) in [6, 6.07) is 5.02. The standard InChI is InChI=1S/C23H24F6N4O5/c1-21(2,19(34)35)38-17-11-14(16-12-30-5-6-31-16)3-4-15(17)13-32-7-9-33(10-8-32)20(36)37-18(22(24,25)26)23(27,28)29/h3-6,11-12,18H,7-10,13H2,1-2H3,(H,34,35). The summed E-state index contributed by atoms with van der Waals surface area (Å²) in [5, 5.41) is 9.50. The monoisotopic (exact) mass is 550 g/mol. The third-order valence-corrected chi connectivity index (χ3v) is 5.64. The third kappa shape index (κ3) is 7.24. The molecule has 1 fully saturated rings. The number of hydrogen-bond acceptors (Lipinski definition) is 7. The number of amides is 1. The minimum atomic E-state index is -5.80. The molecule has 0 atom stereocenters. The molecule has 1 aromatic carbocycles. The van der Waals surface area contributed by atoms with Crippen molar-refractivity contribution in [3.05, 3.63) is 42.4 Å². The maximum Gasteiger partial charge on any atom is 0.434 e. The van der Waals surface area contributed by atoms with Gasteiger partial charge in [0, 0.05) is 56.2 Å². The minimum Gasteiger partial charge on any atom is -0.478 e. The Bertz CT molecular complexity index is 1120. The van der Waals surface area contributed by atoms with E-state index in [1.807, 2.05) is 0 Å². The highest BCUT2D eigenvalue weighted by molar-refractivity contribution is 5.77. The van der Waals surface area contributed by atoms with Crippen molar-refractivity contribution in [1.29, 1.82) is 0 Å². The number of piperazine rings is 1. The summed E-state index contributed by atoms with van der Waals surface area (Å²) >= 11 is 0. The molecule has 38 heavy (non-hydrogen) atoms. The van der Waals surface area contributed by atoms with Crippen LogP contribution in [-0.2, 0) is 16.1 Å². The average molecular weight is 550 g/mol. The largest absolute Gasteiger partial charge is 0.478 e. The second kappa shape index (κ2) is 11.0. The summed E-state index contributed by atoms with van der Waals surface area (Å²) in [5.41, 5.74) is 0.0953. The molecule has 2 aromatic rings. The lowest BCUT2D eigenvalue weighted by atomic mass is 10.1. The molecule has 3 rings (SSSR count). The van der Waals surface area contributed by atoms with E-state index >= 15 is 0 Å². The number of carboxylic acid groups (broad SMARTS) is 1. The zero-order chi connectivity index (χ0) is 28.3. The predicted molar refractivity (Wildman–Crippen MR) is 119 cm³/mol. The Morgan fingerprint density at radius 1 is 1.03 bits per heavy atom. The predicted octanol–water partition coefficient (Wildman–Crippen LogP) is 4.13. The Morgan fingerprint density at radius 3 is 2.18 bits per heavy atom. The van der Waals surface area contributed by atoms with Gasteiger partial charge in [0.05, 0.1) is 11.9 Å². The first-order valence-electron chi connectivity index (χ1n) is 11.2. The maximum atomic E-state index is 12.7. The second-order valence-corrected chi connectivity index (χ2v) is 8.94. The lowest BCUT2D eigenvalue weighted by Crippen LogP contribution is -2.52. The van der Waals surface area contributed by atoms with Crippen molar-refractivity contribution in [2.45, 2.75) is 44.4 Å². The smallest absolute Gasteiger partial charge is 0.434 e. The summed E-state index contributed by atoms with van der Waals surface area (Å²) in [6.07, 6.45) is -13.0. The van der Waals surface area contributed by atoms with Crippen molar-refractivity contribution in [3.8, 4) is 17.0 Å². The number of ether oxygens (including phenoxy) is 2. The van der Waals surface area contributed by atoms with Crippen LogP contribution >= 0.6 is 0 Å². The van der Waals surface area contributed by atoms with Gasteiger partial charge in [0.1, 0.15) is 5.75 Å². The van der Waals surface area contributed by atoms with E-state index in [0.29, 0.717) is 16.8 Å². The Morgan fingerprint density at radius 2 is 1.66 bits per heavy atom. The number of benzene rings is 1. The van der Waals surface area contributed by atoms with E-state index in [1.54, 1.807) is 23.1 Å². The summed E-state index contributed by atoms with van der Waals surface area (Å²) in [5.74, 6) is -0.975. The van der Waals surface area contributed by atoms with Gasteiger partial charge in [-0.2, -0.15) is 26.3 Å². The van der Waals surface area contributed by atoms with E-state index in [2.05, 4.69) is 14.7 Å². The van der Waals surface area contributed by atoms with Crippen LogP contribution in [0.1, 0.15) is 19.4 Å². The second-order valence-electron chi connectivity index (χ2n) is 8.94. The zero-order valence-electron chi connectivity index (χ0n) is 20.2. The molecular formula is C23H24F6N4O5. The highest BCUT2D eigenvalue weighted by Gasteiger charge is 2.60. The fourth-order valence-electron chi connectivity index (χ4n) is 3.53. The molecule has 0 saturated carbocycles. The van der Waals surface area contributed by atoms with Gasteiger partial charge in [-0.1, -0.05) is 12.1 Å². The summed E-state index contributed by atoms with van der Waals surface area (Å²) in [7, 11) is 0. The molecule has 208 valence electrons. The Labute approximate surface area is 213 Å². The number of aliphatic carboxylic acids is 1. The topological polar surface area (TPSA) is 105 Å². The van der Waals surface area contributed by atoms with E-state index in [0.717, 1.165) is 4.90 Å². The molecule has 1 N–H and O–H groups in total. The van der Waals surface area contributed by atoms with Crippen molar-refractivity contribution in [3.63, 3.8) is 0 Å². The Hall–Kier alpha value is -3.62. The van der Waals surface area contributed by atoms with Gasteiger partial charge in [-0.3, -0.25) is 14.9 Å². The Kier molecular flexibility index (Phi) is 8.39. The van der Waals surface area contributed by atoms with Crippen LogP contribution in [0.25, 0.3) is 11.3 Å². The molecule has 0 spiro atoms. The molecule has 9 nitrogen and oxygen atoms in total. The number of carboxylic acids is 1. The van der Waals surface area contributed by atoms with Crippen molar-refractivity contribution in [1.82, 2.24) is 19.8 Å². The summed E-state index contributed by atoms with van der Waals surface area (Å²) < 4.78 is 85.8. The number of rotatable bonds is 7. The first kappa shape index (κ1) is 28.9. The first-order chi connectivity index (χ1) is 17.6. The van der Waals surface area contributed by atoms with Crippen LogP contribution in [-0.4, -0.2) is 87.2 Å². The third-order valence-electron chi connectivity index (χ3n) is 5.64. The van der Waals surface area contributed by atoms with Gasteiger partial charge in [0.15, 0.2) is 5.60 Å². The van der Waals surface area contributed by atoms with Crippen LogP contribution in [0.5, 0.6) is 5.75 Å². The van der Waals surface area contributed by atoms with Crippen molar-refractivity contribution < 1.29 is 50.5 Å². The van der Waals surface area contributed by atoms with Gasteiger partial charge in [-0.25, -0.2) is 9.59 Å². The quantitative estimate of drug-likeness (QED) is 0.514. The molecule has 1 aliphatic heterocycles. The Balaban J connectivity index is 1.72. The zero-order valence-corrected chi connectivity index (χ0v) is 20.2. The average Bonchev–Trinajstić information content (AvgIpc) is 2.82. The van der Waals surface area contributed by atoms with Gasteiger partial charge < -0.3 is 19.5 Å². The molecule has 1 aromatic heterocycles. The van der Waals surface area contributed by atoms with Gasteiger partial charge in [0.25, 0.3) is 6.10 Å². The molecule has 1 saturated heterocycles. The number of hydrogen-bond donors (Lipinski definition) is 1. The van der Waals surface area contributed by atoms with Gasteiger partial charge >= 0.3 is 24.4 Å². The minimum absolute atomic E-state index is 0.103. The van der Waals surface area contributed by atoms with Crippen molar-refractivity contribution in [2.24, 2.45) is 0 Å². The highest BCUT2D eigenvalue weighted by atomic mass is 19.4. The number of carbonyl (C=O) groups excluding carboxylic acids is 1. The molecule has 0 radical (unpaired) electrons. The number of carbonyl (C=O) groups is 2. The number of halogens is 6. The maximum absolute atomic E-state index is 12.7. The van der Waals surface area contributed by atoms with Crippen molar-refractivity contribution in [2.75, 3.05) is 26.2 Å². The number of nitrogens with zero attached hydrogens (tertiary/aromatic N) is 4. The molecular weight excluding hydrogens is 526 g/mol. The van der Waals surface area contributed by atoms with Crippen LogP contribution in [0.4, 0.5) is 31.1 Å². The molecule has 15 heteroatoms. The van der Waals surface area contributed by atoms with Crippen LogP contribution < -0.4 is 4.74 Å². The van der Waals surface area contributed by atoms with Gasteiger partial charge in [0.2, 0.25) is 0 Å². The molecule has 2 heterocycles. The summed E-state index contributed by atoms with van der Waals surface area (Å²) in [6.45, 7) is 2.77. The molecule has 0 aliphatic carbocycles. The summed E-state index contributed by atoms with van der Waals surface area (Å²) in [4.78, 5) is 34.4. The number of aromatic nitrogens is 2. The fraction of sp³-hybridized carbons (Fsp3) is 0.478. The first-order valence-corrected chi connectivity index (χ1v) is 11.2. The van der Waals surface area contributed by atoms with E-state index in [-0.39, 0.29) is 38.5 Å². The molecule has 0 bridgehead atoms. The molecule has 0 unspecified atom stereocenters. The van der Waals surface area contributed by atoms with E-state index in [4.69, 9.17) is 4.74 Å². The fourth-order valence-corrected chi connectivity index (χ4v) is 3.53. The molecule has 1 amide bonds. The SMILES string of the molecule is CC(C)(Oc1cc(-c2cnccn2)ccc1CN1CCN(C(=O)OC(C(F)(F)F)C(F)(F)F)CC1)C(=O)O. The van der Waals surface area contributed by atoms with E-state index < -0.39 is 36.1 Å². The van der Waals surface area contributed by atoms with Crippen LogP contribution in [0.3, 0.4) is 0 Å². The van der Waals surface area contributed by atoms with Gasteiger partial charge in [-0.05, 0) is 19.9 Å². The van der Waals surface area contributed by atoms with Gasteiger partial charge in [-0.15, -0.1) is 0 Å². The highest BCUT2D eigenvalue weighted by Crippen LogP contribution is 2.36. The molecule has 1 aliphatic rings. The van der Waals surface area contributed by atoms with Crippen molar-refractivity contribution >= 4 is 12.1 Å². The normalized spacial score (nSPS) is 15.4. The van der Waals surface area contributed by atoms with E-state index in [9.17, 15) is 41.0 Å². The lowest BCUT2D eigenvalue weighted by molar-refractivity contribution is -0.308. The lowest BCUT2D eigenvalue weighted by Gasteiger charge is -2.35. The van der Waals surface area contributed by atoms with Crippen LogP contribution in [0.2, 0.25) is 0 Å². The van der Waals surface area contributed by atoms with E-state index in [1.165, 1.54) is 32.4 Å². The van der Waals surface area contributed by atoms with Crippen LogP contribution in [0.15, 0.2) is 36.8 Å². The van der Waals surface area contributed by atoms with Crippen LogP contribution in [0, 0.1) is 0 Å².